The number of nitrogens with zero attached hydrogens (tertiary/aromatic N) is 1. The number of rotatable bonds is 3. The fourth-order valence-corrected chi connectivity index (χ4v) is 4.63. The summed E-state index contributed by atoms with van der Waals surface area (Å²) in [6.45, 7) is 1.31. The molecule has 2 aliphatic rings. The average molecular weight is 387 g/mol. The summed E-state index contributed by atoms with van der Waals surface area (Å²) in [7, 11) is 1.63. The van der Waals surface area contributed by atoms with Crippen molar-refractivity contribution in [3.05, 3.63) is 59.1 Å². The standard InChI is InChI=1S/C21H23ClN2O3/c1-27-19-7-2-4-16(8-19)21(26)10-14-12-24(13-15(14)11-21)20(25)23-18-6-3-5-17(22)9-18/h2-9,14-15,26H,10-13H2,1H3,(H,23,25)/t14-,15+,21?. The number of anilines is 1. The predicted molar refractivity (Wildman–Crippen MR) is 105 cm³/mol. The summed E-state index contributed by atoms with van der Waals surface area (Å²) in [4.78, 5) is 14.4. The Bertz CT molecular complexity index is 843. The van der Waals surface area contributed by atoms with Crippen molar-refractivity contribution in [1.82, 2.24) is 4.90 Å². The fourth-order valence-electron chi connectivity index (χ4n) is 4.43. The van der Waals surface area contributed by atoms with Gasteiger partial charge in [-0.1, -0.05) is 29.8 Å². The highest BCUT2D eigenvalue weighted by molar-refractivity contribution is 6.30. The van der Waals surface area contributed by atoms with E-state index in [0.29, 0.717) is 48.5 Å². The summed E-state index contributed by atoms with van der Waals surface area (Å²) in [5.74, 6) is 1.35. The van der Waals surface area contributed by atoms with Crippen molar-refractivity contribution >= 4 is 23.3 Å². The van der Waals surface area contributed by atoms with Gasteiger partial charge in [-0.15, -0.1) is 0 Å². The van der Waals surface area contributed by atoms with Crippen LogP contribution >= 0.6 is 11.6 Å². The van der Waals surface area contributed by atoms with Crippen LogP contribution in [0.1, 0.15) is 18.4 Å². The number of ether oxygens (including phenoxy) is 1. The lowest BCUT2D eigenvalue weighted by Crippen LogP contribution is -2.35. The summed E-state index contributed by atoms with van der Waals surface area (Å²) >= 11 is 5.98. The molecule has 5 nitrogen and oxygen atoms in total. The van der Waals surface area contributed by atoms with Crippen molar-refractivity contribution in [3.63, 3.8) is 0 Å². The highest BCUT2D eigenvalue weighted by Gasteiger charge is 2.50. The second-order valence-corrected chi connectivity index (χ2v) is 7.97. The van der Waals surface area contributed by atoms with E-state index in [1.165, 1.54) is 0 Å². The van der Waals surface area contributed by atoms with Crippen molar-refractivity contribution in [1.29, 1.82) is 0 Å². The maximum Gasteiger partial charge on any atom is 0.321 e. The Morgan fingerprint density at radius 1 is 1.19 bits per heavy atom. The number of likely N-dealkylation sites (tertiary alicyclic amines) is 1. The Hall–Kier alpha value is -2.24. The molecule has 27 heavy (non-hydrogen) atoms. The van der Waals surface area contributed by atoms with E-state index in [4.69, 9.17) is 16.3 Å². The zero-order chi connectivity index (χ0) is 19.0. The Balaban J connectivity index is 1.41. The van der Waals surface area contributed by atoms with E-state index in [0.717, 1.165) is 11.3 Å². The number of benzene rings is 2. The number of hydrogen-bond donors (Lipinski definition) is 2. The monoisotopic (exact) mass is 386 g/mol. The molecule has 0 spiro atoms. The molecule has 4 rings (SSSR count). The van der Waals surface area contributed by atoms with E-state index < -0.39 is 5.60 Å². The Labute approximate surface area is 163 Å². The molecule has 1 heterocycles. The summed E-state index contributed by atoms with van der Waals surface area (Å²) in [6.07, 6.45) is 1.32. The first-order valence-corrected chi connectivity index (χ1v) is 9.53. The lowest BCUT2D eigenvalue weighted by molar-refractivity contribution is 0.0326. The number of hydrogen-bond acceptors (Lipinski definition) is 3. The first-order valence-electron chi connectivity index (χ1n) is 9.15. The molecule has 142 valence electrons. The SMILES string of the molecule is COc1cccc(C2(O)C[C@H]3CN(C(=O)Nc4cccc(Cl)c4)C[C@H]3C2)c1. The molecule has 0 aromatic heterocycles. The molecule has 1 aliphatic heterocycles. The van der Waals surface area contributed by atoms with Crippen LogP contribution in [-0.4, -0.2) is 36.2 Å². The van der Waals surface area contributed by atoms with Crippen molar-refractivity contribution < 1.29 is 14.6 Å². The van der Waals surface area contributed by atoms with E-state index >= 15 is 0 Å². The van der Waals surface area contributed by atoms with Crippen LogP contribution in [0.5, 0.6) is 5.75 Å². The lowest BCUT2D eigenvalue weighted by Gasteiger charge is -2.27. The van der Waals surface area contributed by atoms with Gasteiger partial charge in [-0.2, -0.15) is 0 Å². The van der Waals surface area contributed by atoms with Crippen LogP contribution in [-0.2, 0) is 5.60 Å². The molecule has 0 radical (unpaired) electrons. The van der Waals surface area contributed by atoms with E-state index in [-0.39, 0.29) is 6.03 Å². The number of amides is 2. The second kappa shape index (κ2) is 7.06. The number of carbonyl (C=O) groups excluding carboxylic acids is 1. The minimum Gasteiger partial charge on any atom is -0.497 e. The first-order chi connectivity index (χ1) is 13.0. The van der Waals surface area contributed by atoms with Gasteiger partial charge >= 0.3 is 6.03 Å². The topological polar surface area (TPSA) is 61.8 Å². The number of halogens is 1. The van der Waals surface area contributed by atoms with E-state index in [1.54, 1.807) is 19.2 Å². The molecule has 0 bridgehead atoms. The molecule has 2 N–H and O–H groups in total. The first kappa shape index (κ1) is 18.1. The van der Waals surface area contributed by atoms with Crippen LogP contribution in [0.3, 0.4) is 0 Å². The summed E-state index contributed by atoms with van der Waals surface area (Å²) in [5.41, 5.74) is 0.739. The van der Waals surface area contributed by atoms with Crippen molar-refractivity contribution in [2.75, 3.05) is 25.5 Å². The quantitative estimate of drug-likeness (QED) is 0.834. The maximum absolute atomic E-state index is 12.6. The molecular weight excluding hydrogens is 364 g/mol. The van der Waals surface area contributed by atoms with E-state index in [2.05, 4.69) is 5.32 Å². The maximum atomic E-state index is 12.6. The minimum atomic E-state index is -0.848. The number of nitrogens with one attached hydrogen (secondary N) is 1. The smallest absolute Gasteiger partial charge is 0.321 e. The van der Waals surface area contributed by atoms with Gasteiger partial charge in [0.1, 0.15) is 5.75 Å². The van der Waals surface area contributed by atoms with Gasteiger partial charge < -0.3 is 20.1 Å². The second-order valence-electron chi connectivity index (χ2n) is 7.54. The van der Waals surface area contributed by atoms with Crippen molar-refractivity contribution in [2.24, 2.45) is 11.8 Å². The van der Waals surface area contributed by atoms with Crippen LogP contribution in [0, 0.1) is 11.8 Å². The number of fused-ring (bicyclic) bond motifs is 1. The molecule has 1 saturated carbocycles. The third kappa shape index (κ3) is 3.62. The van der Waals surface area contributed by atoms with E-state index in [1.807, 2.05) is 41.3 Å². The molecule has 2 aromatic carbocycles. The van der Waals surface area contributed by atoms with Crippen LogP contribution in [0.15, 0.2) is 48.5 Å². The molecule has 2 amide bonds. The Morgan fingerprint density at radius 2 is 1.89 bits per heavy atom. The average Bonchev–Trinajstić information content (AvgIpc) is 3.18. The highest BCUT2D eigenvalue weighted by atomic mass is 35.5. The van der Waals surface area contributed by atoms with Crippen LogP contribution in [0.25, 0.3) is 0 Å². The van der Waals surface area contributed by atoms with Gasteiger partial charge in [0.05, 0.1) is 12.7 Å². The zero-order valence-corrected chi connectivity index (χ0v) is 15.9. The molecule has 3 atom stereocenters. The molecule has 2 aromatic rings. The summed E-state index contributed by atoms with van der Waals surface area (Å²) < 4.78 is 5.29. The largest absolute Gasteiger partial charge is 0.497 e. The number of urea groups is 1. The molecule has 6 heteroatoms. The zero-order valence-electron chi connectivity index (χ0n) is 15.2. The third-order valence-corrected chi connectivity index (χ3v) is 5.98. The molecule has 2 fully saturated rings. The Kier molecular flexibility index (Phi) is 4.74. The Morgan fingerprint density at radius 3 is 2.56 bits per heavy atom. The predicted octanol–water partition coefficient (Wildman–Crippen LogP) is 4.11. The van der Waals surface area contributed by atoms with Gasteiger partial charge in [-0.3, -0.25) is 0 Å². The minimum absolute atomic E-state index is 0.114. The summed E-state index contributed by atoms with van der Waals surface area (Å²) in [5, 5.41) is 14.7. The molecule has 1 saturated heterocycles. The van der Waals surface area contributed by atoms with Gasteiger partial charge in [-0.25, -0.2) is 4.79 Å². The van der Waals surface area contributed by atoms with Gasteiger partial charge in [0.25, 0.3) is 0 Å². The van der Waals surface area contributed by atoms with Crippen LogP contribution in [0.4, 0.5) is 10.5 Å². The third-order valence-electron chi connectivity index (χ3n) is 5.75. The van der Waals surface area contributed by atoms with Gasteiger partial charge in [0, 0.05) is 23.8 Å². The van der Waals surface area contributed by atoms with E-state index in [9.17, 15) is 9.90 Å². The number of methoxy groups -OCH3 is 1. The molecule has 1 aliphatic carbocycles. The normalized spacial score (nSPS) is 26.7. The summed E-state index contributed by atoms with van der Waals surface area (Å²) in [6, 6.07) is 14.7. The van der Waals surface area contributed by atoms with Gasteiger partial charge in [0.15, 0.2) is 0 Å². The highest BCUT2D eigenvalue weighted by Crippen LogP contribution is 2.49. The van der Waals surface area contributed by atoms with Crippen LogP contribution in [0.2, 0.25) is 5.02 Å². The van der Waals surface area contributed by atoms with Gasteiger partial charge in [-0.05, 0) is 60.6 Å². The molecule has 1 unspecified atom stereocenters. The number of aliphatic hydroxyl groups is 1. The van der Waals surface area contributed by atoms with Crippen molar-refractivity contribution in [3.8, 4) is 5.75 Å². The lowest BCUT2D eigenvalue weighted by atomic mass is 9.90. The molecular formula is C21H23ClN2O3. The fraction of sp³-hybridized carbons (Fsp3) is 0.381. The van der Waals surface area contributed by atoms with Crippen molar-refractivity contribution in [2.45, 2.75) is 18.4 Å². The van der Waals surface area contributed by atoms with Crippen LogP contribution < -0.4 is 10.1 Å². The number of carbonyl (C=O) groups is 1. The van der Waals surface area contributed by atoms with Gasteiger partial charge in [0.2, 0.25) is 0 Å².